The van der Waals surface area contributed by atoms with Crippen LogP contribution in [0.2, 0.25) is 0 Å². The van der Waals surface area contributed by atoms with Crippen molar-refractivity contribution in [2.24, 2.45) is 0 Å². The number of hydrogen-bond acceptors (Lipinski definition) is 3. The van der Waals surface area contributed by atoms with E-state index in [0.717, 1.165) is 24.2 Å². The topological polar surface area (TPSA) is 49.0 Å². The summed E-state index contributed by atoms with van der Waals surface area (Å²) < 4.78 is 0. The monoisotopic (exact) mass is 305 g/mol. The molecule has 0 radical (unpaired) electrons. The molecule has 3 aromatic rings. The van der Waals surface area contributed by atoms with Crippen LogP contribution in [-0.2, 0) is 13.0 Å². The van der Waals surface area contributed by atoms with Crippen molar-refractivity contribution in [1.82, 2.24) is 14.9 Å². The standard InChI is InChI=1S/C19H19N3O/c1-22(17-11-10-13-6-2-3-7-14(13)17)12-18-20-16-9-5-4-8-15(16)19(23)21-18/h2-9,17H,10-12H2,1H3,(H,20,21,23)/t17-/m1/s1. The van der Waals surface area contributed by atoms with Crippen molar-refractivity contribution in [3.8, 4) is 0 Å². The van der Waals surface area contributed by atoms with Crippen molar-refractivity contribution >= 4 is 10.9 Å². The Labute approximate surface area is 134 Å². The summed E-state index contributed by atoms with van der Waals surface area (Å²) in [7, 11) is 2.10. The molecule has 1 aromatic heterocycles. The third-order valence-corrected chi connectivity index (χ3v) is 4.69. The van der Waals surface area contributed by atoms with Gasteiger partial charge in [0.1, 0.15) is 5.82 Å². The van der Waals surface area contributed by atoms with Crippen LogP contribution in [0.5, 0.6) is 0 Å². The van der Waals surface area contributed by atoms with Crippen LogP contribution in [0.4, 0.5) is 0 Å². The van der Waals surface area contributed by atoms with E-state index in [0.29, 0.717) is 18.0 Å². The quantitative estimate of drug-likeness (QED) is 0.809. The summed E-state index contributed by atoms with van der Waals surface area (Å²) >= 11 is 0. The highest BCUT2D eigenvalue weighted by Crippen LogP contribution is 2.35. The van der Waals surface area contributed by atoms with E-state index in [9.17, 15) is 4.79 Å². The van der Waals surface area contributed by atoms with Crippen LogP contribution in [0.25, 0.3) is 10.9 Å². The molecule has 0 fully saturated rings. The lowest BCUT2D eigenvalue weighted by Crippen LogP contribution is -2.25. The lowest BCUT2D eigenvalue weighted by Gasteiger charge is -2.24. The molecule has 1 atom stereocenters. The van der Waals surface area contributed by atoms with Gasteiger partial charge in [0, 0.05) is 6.04 Å². The molecule has 1 N–H and O–H groups in total. The molecule has 0 spiro atoms. The number of nitrogens with one attached hydrogen (secondary N) is 1. The highest BCUT2D eigenvalue weighted by Gasteiger charge is 2.25. The summed E-state index contributed by atoms with van der Waals surface area (Å²) in [5.41, 5.74) is 3.53. The summed E-state index contributed by atoms with van der Waals surface area (Å²) in [5.74, 6) is 0.723. The number of aromatic amines is 1. The van der Waals surface area contributed by atoms with E-state index in [2.05, 4.69) is 46.2 Å². The van der Waals surface area contributed by atoms with Crippen LogP contribution in [0.1, 0.15) is 29.4 Å². The number of benzene rings is 2. The number of hydrogen-bond donors (Lipinski definition) is 1. The Balaban J connectivity index is 1.62. The van der Waals surface area contributed by atoms with E-state index in [1.807, 2.05) is 24.3 Å². The van der Waals surface area contributed by atoms with Gasteiger partial charge in [-0.1, -0.05) is 36.4 Å². The Hall–Kier alpha value is -2.46. The largest absolute Gasteiger partial charge is 0.309 e. The second-order valence-electron chi connectivity index (χ2n) is 6.20. The maximum atomic E-state index is 12.2. The molecule has 2 aromatic carbocycles. The molecule has 4 nitrogen and oxygen atoms in total. The Morgan fingerprint density at radius 1 is 1.17 bits per heavy atom. The average molecular weight is 305 g/mol. The van der Waals surface area contributed by atoms with Crippen LogP contribution >= 0.6 is 0 Å². The molecular formula is C19H19N3O. The predicted octanol–water partition coefficient (Wildman–Crippen LogP) is 3.04. The van der Waals surface area contributed by atoms with Crippen LogP contribution in [0.15, 0.2) is 53.3 Å². The SMILES string of the molecule is CN(Cc1nc2ccccc2c(=O)[nH]1)[C@@H]1CCc2ccccc21. The molecule has 4 rings (SSSR count). The van der Waals surface area contributed by atoms with Gasteiger partial charge in [-0.05, 0) is 43.1 Å². The number of fused-ring (bicyclic) bond motifs is 2. The normalized spacial score (nSPS) is 16.9. The van der Waals surface area contributed by atoms with Gasteiger partial charge in [-0.25, -0.2) is 4.98 Å². The van der Waals surface area contributed by atoms with Gasteiger partial charge in [-0.3, -0.25) is 9.69 Å². The summed E-state index contributed by atoms with van der Waals surface area (Å²) in [5, 5.41) is 0.644. The molecule has 116 valence electrons. The first-order chi connectivity index (χ1) is 11.2. The fourth-order valence-electron chi connectivity index (χ4n) is 3.55. The van der Waals surface area contributed by atoms with Gasteiger partial charge in [-0.15, -0.1) is 0 Å². The second-order valence-corrected chi connectivity index (χ2v) is 6.20. The van der Waals surface area contributed by atoms with Crippen molar-refractivity contribution in [2.75, 3.05) is 7.05 Å². The Kier molecular flexibility index (Phi) is 3.46. The van der Waals surface area contributed by atoms with Gasteiger partial charge in [0.2, 0.25) is 0 Å². The number of H-pyrrole nitrogens is 1. The smallest absolute Gasteiger partial charge is 0.258 e. The van der Waals surface area contributed by atoms with E-state index in [4.69, 9.17) is 0 Å². The fraction of sp³-hybridized carbons (Fsp3) is 0.263. The highest BCUT2D eigenvalue weighted by molar-refractivity contribution is 5.77. The Bertz CT molecular complexity index is 916. The third kappa shape index (κ3) is 2.55. The summed E-state index contributed by atoms with van der Waals surface area (Å²) in [6.45, 7) is 0.638. The van der Waals surface area contributed by atoms with Crippen molar-refractivity contribution in [3.05, 3.63) is 75.8 Å². The maximum Gasteiger partial charge on any atom is 0.258 e. The summed E-state index contributed by atoms with van der Waals surface area (Å²) in [6.07, 6.45) is 2.24. The molecule has 0 aliphatic heterocycles. The maximum absolute atomic E-state index is 12.2. The molecular weight excluding hydrogens is 286 g/mol. The minimum absolute atomic E-state index is 0.0641. The van der Waals surface area contributed by atoms with Crippen molar-refractivity contribution in [1.29, 1.82) is 0 Å². The van der Waals surface area contributed by atoms with E-state index in [-0.39, 0.29) is 5.56 Å². The van der Waals surface area contributed by atoms with Gasteiger partial charge in [0.05, 0.1) is 17.4 Å². The summed E-state index contributed by atoms with van der Waals surface area (Å²) in [4.78, 5) is 22.0. The van der Waals surface area contributed by atoms with Crippen molar-refractivity contribution in [3.63, 3.8) is 0 Å². The van der Waals surface area contributed by atoms with Gasteiger partial charge < -0.3 is 4.98 Å². The number of aromatic nitrogens is 2. The lowest BCUT2D eigenvalue weighted by molar-refractivity contribution is 0.230. The predicted molar refractivity (Wildman–Crippen MR) is 91.3 cm³/mol. The fourth-order valence-corrected chi connectivity index (χ4v) is 3.55. The second kappa shape index (κ2) is 5.63. The van der Waals surface area contributed by atoms with Gasteiger partial charge in [0.25, 0.3) is 5.56 Å². The summed E-state index contributed by atoms with van der Waals surface area (Å²) in [6, 6.07) is 16.5. The average Bonchev–Trinajstić information content (AvgIpc) is 2.99. The zero-order valence-electron chi connectivity index (χ0n) is 13.1. The molecule has 0 amide bonds. The molecule has 0 saturated carbocycles. The van der Waals surface area contributed by atoms with Crippen LogP contribution in [-0.4, -0.2) is 21.9 Å². The number of nitrogens with zero attached hydrogens (tertiary/aromatic N) is 2. The molecule has 1 heterocycles. The van der Waals surface area contributed by atoms with E-state index in [1.165, 1.54) is 11.1 Å². The minimum Gasteiger partial charge on any atom is -0.309 e. The lowest BCUT2D eigenvalue weighted by atomic mass is 10.1. The number of para-hydroxylation sites is 1. The molecule has 0 bridgehead atoms. The molecule has 0 saturated heterocycles. The number of rotatable bonds is 3. The first kappa shape index (κ1) is 14.2. The number of aryl methyl sites for hydroxylation is 1. The van der Waals surface area contributed by atoms with Gasteiger partial charge in [-0.2, -0.15) is 0 Å². The van der Waals surface area contributed by atoms with Gasteiger partial charge >= 0.3 is 0 Å². The Morgan fingerprint density at radius 3 is 2.87 bits per heavy atom. The van der Waals surface area contributed by atoms with E-state index < -0.39 is 0 Å². The zero-order chi connectivity index (χ0) is 15.8. The van der Waals surface area contributed by atoms with E-state index in [1.54, 1.807) is 0 Å². The zero-order valence-corrected chi connectivity index (χ0v) is 13.1. The third-order valence-electron chi connectivity index (χ3n) is 4.69. The molecule has 0 unspecified atom stereocenters. The van der Waals surface area contributed by atoms with Crippen molar-refractivity contribution < 1.29 is 0 Å². The molecule has 1 aliphatic carbocycles. The minimum atomic E-state index is -0.0641. The highest BCUT2D eigenvalue weighted by atomic mass is 16.1. The van der Waals surface area contributed by atoms with Crippen LogP contribution in [0.3, 0.4) is 0 Å². The molecule has 23 heavy (non-hydrogen) atoms. The molecule has 1 aliphatic rings. The van der Waals surface area contributed by atoms with Crippen LogP contribution < -0.4 is 5.56 Å². The molecule has 4 heteroatoms. The van der Waals surface area contributed by atoms with Crippen molar-refractivity contribution in [2.45, 2.75) is 25.4 Å². The first-order valence-electron chi connectivity index (χ1n) is 7.98. The van der Waals surface area contributed by atoms with E-state index >= 15 is 0 Å². The Morgan fingerprint density at radius 2 is 1.96 bits per heavy atom. The van der Waals surface area contributed by atoms with Crippen LogP contribution in [0, 0.1) is 0 Å². The van der Waals surface area contributed by atoms with Gasteiger partial charge in [0.15, 0.2) is 0 Å². The first-order valence-corrected chi connectivity index (χ1v) is 7.98.